The van der Waals surface area contributed by atoms with E-state index >= 15 is 0 Å². The van der Waals surface area contributed by atoms with Gasteiger partial charge < -0.3 is 9.30 Å². The Balaban J connectivity index is 1.90. The van der Waals surface area contributed by atoms with Crippen LogP contribution in [0, 0.1) is 21.3 Å². The lowest BCUT2D eigenvalue weighted by molar-refractivity contribution is 0.0620. The normalized spacial score (nSPS) is 15.5. The predicted octanol–water partition coefficient (Wildman–Crippen LogP) is 4.74. The summed E-state index contributed by atoms with van der Waals surface area (Å²) in [6.45, 7) is 4.90. The van der Waals surface area contributed by atoms with Gasteiger partial charge in [-0.05, 0) is 41.0 Å². The average molecular weight is 419 g/mol. The van der Waals surface area contributed by atoms with Crippen molar-refractivity contribution in [2.24, 2.45) is 5.92 Å². The van der Waals surface area contributed by atoms with Gasteiger partial charge in [0.25, 0.3) is 0 Å². The lowest BCUT2D eigenvalue weighted by Gasteiger charge is -2.04. The molecule has 0 N–H and O–H groups in total. The molecule has 1 aliphatic rings. The first-order chi connectivity index (χ1) is 11.1. The zero-order valence-electron chi connectivity index (χ0n) is 13.2. The molecule has 0 radical (unpaired) electrons. The zero-order chi connectivity index (χ0) is 16.4. The number of hydrogen-bond donors (Lipinski definition) is 0. The van der Waals surface area contributed by atoms with Crippen LogP contribution in [0.2, 0.25) is 0 Å². The summed E-state index contributed by atoms with van der Waals surface area (Å²) >= 11 is 2.30. The molecule has 0 fully saturated rings. The number of benzene rings is 1. The first-order valence-corrected chi connectivity index (χ1v) is 8.81. The van der Waals surface area contributed by atoms with Gasteiger partial charge in [-0.1, -0.05) is 37.8 Å². The number of allylic oxidation sites excluding steroid dienone is 2. The molecule has 2 aromatic rings. The Bertz CT molecular complexity index is 849. The third-order valence-electron chi connectivity index (χ3n) is 3.80. The number of carbonyl (C=O) groups is 1. The average Bonchev–Trinajstić information content (AvgIpc) is 2.75. The highest BCUT2D eigenvalue weighted by Gasteiger charge is 2.22. The molecule has 3 nitrogen and oxygen atoms in total. The molecule has 0 saturated carbocycles. The van der Waals surface area contributed by atoms with Gasteiger partial charge in [-0.15, -0.1) is 0 Å². The number of esters is 1. The molecule has 1 aromatic heterocycles. The van der Waals surface area contributed by atoms with Crippen LogP contribution in [-0.2, 0) is 11.3 Å². The fourth-order valence-corrected chi connectivity index (χ4v) is 3.39. The number of para-hydroxylation sites is 1. The Morgan fingerprint density at radius 1 is 1.43 bits per heavy atom. The minimum atomic E-state index is -0.306. The van der Waals surface area contributed by atoms with Crippen molar-refractivity contribution in [1.29, 1.82) is 0 Å². The van der Waals surface area contributed by atoms with Gasteiger partial charge in [0.15, 0.2) is 0 Å². The van der Waals surface area contributed by atoms with E-state index in [1.54, 1.807) is 6.08 Å². The molecule has 1 aromatic carbocycles. The summed E-state index contributed by atoms with van der Waals surface area (Å²) in [6.07, 6.45) is 5.72. The fraction of sp³-hybridized carbons (Fsp3) is 0.316. The number of halogens is 1. The number of aromatic nitrogens is 1. The summed E-state index contributed by atoms with van der Waals surface area (Å²) in [5, 5.41) is 1.09. The molecular formula is C19H18INO2. The number of rotatable bonds is 2. The highest BCUT2D eigenvalue weighted by atomic mass is 127. The van der Waals surface area contributed by atoms with E-state index in [4.69, 9.17) is 4.74 Å². The van der Waals surface area contributed by atoms with Crippen molar-refractivity contribution in [3.8, 4) is 11.8 Å². The second-order valence-electron chi connectivity index (χ2n) is 6.06. The van der Waals surface area contributed by atoms with E-state index in [9.17, 15) is 4.79 Å². The van der Waals surface area contributed by atoms with Crippen molar-refractivity contribution in [3.05, 3.63) is 45.4 Å². The molecular weight excluding hydrogens is 401 g/mol. The molecule has 118 valence electrons. The minimum absolute atomic E-state index is 0.306. The van der Waals surface area contributed by atoms with E-state index in [-0.39, 0.29) is 5.97 Å². The van der Waals surface area contributed by atoms with Crippen LogP contribution in [0.4, 0.5) is 0 Å². The summed E-state index contributed by atoms with van der Waals surface area (Å²) in [4.78, 5) is 12.4. The first-order valence-electron chi connectivity index (χ1n) is 7.73. The second kappa shape index (κ2) is 6.79. The van der Waals surface area contributed by atoms with Gasteiger partial charge in [0, 0.05) is 27.7 Å². The van der Waals surface area contributed by atoms with Crippen molar-refractivity contribution in [1.82, 2.24) is 4.57 Å². The predicted molar refractivity (Wildman–Crippen MR) is 100 cm³/mol. The standard InChI is InChI=1S/C19H18INO2/c1-13(2)7-4-3-5-8-14-11-21-12-17(20)15-9-6-10-16(18(15)21)19(22)23-14/h6,8-10,12-13H,4,7,11H2,1-2H3/b14-8+. The molecule has 0 amide bonds. The molecule has 3 rings (SSSR count). The molecule has 4 heteroatoms. The van der Waals surface area contributed by atoms with E-state index in [1.807, 2.05) is 18.2 Å². The van der Waals surface area contributed by atoms with Gasteiger partial charge in [-0.2, -0.15) is 0 Å². The van der Waals surface area contributed by atoms with Crippen LogP contribution in [0.15, 0.2) is 36.2 Å². The molecule has 0 unspecified atom stereocenters. The zero-order valence-corrected chi connectivity index (χ0v) is 15.4. The maximum atomic E-state index is 12.4. The van der Waals surface area contributed by atoms with Gasteiger partial charge in [-0.3, -0.25) is 0 Å². The Morgan fingerprint density at radius 2 is 2.26 bits per heavy atom. The summed E-state index contributed by atoms with van der Waals surface area (Å²) in [7, 11) is 0. The van der Waals surface area contributed by atoms with Crippen LogP contribution in [0.1, 0.15) is 37.0 Å². The third-order valence-corrected chi connectivity index (χ3v) is 4.66. The van der Waals surface area contributed by atoms with Crippen molar-refractivity contribution >= 4 is 39.5 Å². The highest BCUT2D eigenvalue weighted by molar-refractivity contribution is 14.1. The van der Waals surface area contributed by atoms with Crippen molar-refractivity contribution < 1.29 is 9.53 Å². The number of hydrogen-bond acceptors (Lipinski definition) is 2. The third kappa shape index (κ3) is 3.45. The smallest absolute Gasteiger partial charge is 0.345 e. The van der Waals surface area contributed by atoms with Gasteiger partial charge in [0.1, 0.15) is 5.76 Å². The van der Waals surface area contributed by atoms with Crippen LogP contribution in [-0.4, -0.2) is 10.5 Å². The van der Waals surface area contributed by atoms with Crippen LogP contribution in [0.3, 0.4) is 0 Å². The lowest BCUT2D eigenvalue weighted by atomic mass is 10.1. The Kier molecular flexibility index (Phi) is 4.76. The van der Waals surface area contributed by atoms with Crippen molar-refractivity contribution in [2.45, 2.75) is 33.2 Å². The van der Waals surface area contributed by atoms with E-state index in [0.717, 1.165) is 27.3 Å². The van der Waals surface area contributed by atoms with Crippen molar-refractivity contribution in [2.75, 3.05) is 0 Å². The summed E-state index contributed by atoms with van der Waals surface area (Å²) < 4.78 is 8.71. The lowest BCUT2D eigenvalue weighted by Crippen LogP contribution is -2.04. The number of nitrogens with zero attached hydrogens (tertiary/aromatic N) is 1. The Morgan fingerprint density at radius 3 is 3.04 bits per heavy atom. The maximum Gasteiger partial charge on any atom is 0.345 e. The topological polar surface area (TPSA) is 31.2 Å². The van der Waals surface area contributed by atoms with Crippen LogP contribution in [0.25, 0.3) is 10.9 Å². The summed E-state index contributed by atoms with van der Waals surface area (Å²) in [6, 6.07) is 5.74. The van der Waals surface area contributed by atoms with Crippen molar-refractivity contribution in [3.63, 3.8) is 0 Å². The van der Waals surface area contributed by atoms with Gasteiger partial charge in [0.05, 0.1) is 17.6 Å². The minimum Gasteiger partial charge on any atom is -0.425 e. The molecule has 1 aliphatic heterocycles. The number of ether oxygens (including phenoxy) is 1. The van der Waals surface area contributed by atoms with Gasteiger partial charge in [0.2, 0.25) is 0 Å². The second-order valence-corrected chi connectivity index (χ2v) is 7.22. The largest absolute Gasteiger partial charge is 0.425 e. The number of carbonyl (C=O) groups excluding carboxylic acids is 1. The molecule has 0 spiro atoms. The monoisotopic (exact) mass is 419 g/mol. The molecule has 0 atom stereocenters. The molecule has 0 aliphatic carbocycles. The van der Waals surface area contributed by atoms with E-state index in [1.165, 1.54) is 0 Å². The SMILES string of the molecule is CC(C)CCC#C/C=C1\Cn2cc(I)c3cccc(c32)C(=O)O1. The molecule has 2 heterocycles. The quantitative estimate of drug-likeness (QED) is 0.400. The van der Waals surface area contributed by atoms with Crippen LogP contribution < -0.4 is 0 Å². The van der Waals surface area contributed by atoms with E-state index < -0.39 is 0 Å². The fourth-order valence-electron chi connectivity index (χ4n) is 2.62. The molecule has 0 bridgehead atoms. The van der Waals surface area contributed by atoms with Gasteiger partial charge in [-0.25, -0.2) is 4.79 Å². The van der Waals surface area contributed by atoms with E-state index in [2.05, 4.69) is 59.0 Å². The summed E-state index contributed by atoms with van der Waals surface area (Å²) in [5.41, 5.74) is 1.56. The van der Waals surface area contributed by atoms with Crippen LogP contribution >= 0.6 is 22.6 Å². The number of cyclic esters (lactones) is 1. The maximum absolute atomic E-state index is 12.4. The van der Waals surface area contributed by atoms with E-state index in [0.29, 0.717) is 23.8 Å². The summed E-state index contributed by atoms with van der Waals surface area (Å²) in [5.74, 6) is 7.08. The van der Waals surface area contributed by atoms with Gasteiger partial charge >= 0.3 is 5.97 Å². The first kappa shape index (κ1) is 16.1. The highest BCUT2D eigenvalue weighted by Crippen LogP contribution is 2.30. The molecule has 23 heavy (non-hydrogen) atoms. The van der Waals surface area contributed by atoms with Crippen LogP contribution in [0.5, 0.6) is 0 Å². The molecule has 0 saturated heterocycles. The Labute approximate surface area is 149 Å². The Hall–Kier alpha value is -1.74.